The number of amides is 1. The topological polar surface area (TPSA) is 47.9 Å². The summed E-state index contributed by atoms with van der Waals surface area (Å²) >= 11 is 16.1. The second kappa shape index (κ2) is 9.94. The second-order valence-electron chi connectivity index (χ2n) is 7.73. The van der Waals surface area contributed by atoms with Gasteiger partial charge >= 0.3 is 0 Å². The Bertz CT molecular complexity index is 1220. The van der Waals surface area contributed by atoms with Gasteiger partial charge in [0.1, 0.15) is 5.71 Å². The summed E-state index contributed by atoms with van der Waals surface area (Å²) in [5.74, 6) is -0.212. The van der Waals surface area contributed by atoms with E-state index in [1.807, 2.05) is 58.5 Å². The zero-order valence-corrected chi connectivity index (χ0v) is 21.3. The van der Waals surface area contributed by atoms with Gasteiger partial charge in [-0.25, -0.2) is 0 Å². The van der Waals surface area contributed by atoms with Crippen molar-refractivity contribution in [2.75, 3.05) is 16.6 Å². The van der Waals surface area contributed by atoms with Crippen LogP contribution >= 0.6 is 51.5 Å². The maximum Gasteiger partial charge on any atom is 0.286 e. The van der Waals surface area contributed by atoms with Crippen LogP contribution in [-0.2, 0) is 11.2 Å². The summed E-state index contributed by atoms with van der Waals surface area (Å²) in [4.78, 5) is 13.2. The van der Waals surface area contributed by atoms with Crippen LogP contribution in [0, 0.1) is 0 Å². The Hall–Kier alpha value is -2.25. The van der Waals surface area contributed by atoms with Gasteiger partial charge in [0.05, 0.1) is 22.4 Å². The van der Waals surface area contributed by atoms with Crippen molar-refractivity contribution in [2.45, 2.75) is 18.9 Å². The highest BCUT2D eigenvalue weighted by Crippen LogP contribution is 2.40. The number of carbonyl (C=O) groups is 1. The van der Waals surface area contributed by atoms with E-state index in [0.717, 1.165) is 28.7 Å². The van der Waals surface area contributed by atoms with Gasteiger partial charge in [-0.15, -0.1) is 12.4 Å². The van der Waals surface area contributed by atoms with Gasteiger partial charge in [-0.1, -0.05) is 69.5 Å². The monoisotopic (exact) mass is 564 g/mol. The number of hydrogen-bond donors (Lipinski definition) is 1. The van der Waals surface area contributed by atoms with E-state index in [2.05, 4.69) is 27.4 Å². The number of fused-ring (bicyclic) bond motifs is 1. The molecule has 2 aliphatic rings. The number of rotatable bonds is 4. The summed E-state index contributed by atoms with van der Waals surface area (Å²) in [7, 11) is 0. The maximum absolute atomic E-state index is 13.2. The van der Waals surface area contributed by atoms with Crippen LogP contribution in [0.4, 0.5) is 11.4 Å². The predicted octanol–water partition coefficient (Wildman–Crippen LogP) is 6.58. The summed E-state index contributed by atoms with van der Waals surface area (Å²) in [6, 6.07) is 21.2. The summed E-state index contributed by atoms with van der Waals surface area (Å²) < 4.78 is 0.988. The first-order valence-electron chi connectivity index (χ1n) is 10.2. The molecule has 0 spiro atoms. The molecule has 0 aliphatic carbocycles. The van der Waals surface area contributed by atoms with Gasteiger partial charge in [-0.3, -0.25) is 20.2 Å². The van der Waals surface area contributed by atoms with Crippen molar-refractivity contribution in [1.29, 1.82) is 0 Å². The SMILES string of the molecule is Cl.O=C(NN1CCc2ccccc21)C1=NN(c2ccc(Cl)cc2Cl)C(c2ccc(Br)cc2)C1. The Morgan fingerprint density at radius 1 is 1.03 bits per heavy atom. The lowest BCUT2D eigenvalue weighted by Crippen LogP contribution is -2.44. The first-order valence-corrected chi connectivity index (χ1v) is 11.8. The molecule has 5 nitrogen and oxygen atoms in total. The fraction of sp³-hybridized carbons (Fsp3) is 0.167. The zero-order valence-electron chi connectivity index (χ0n) is 17.3. The predicted molar refractivity (Wildman–Crippen MR) is 141 cm³/mol. The molecule has 0 saturated heterocycles. The molecule has 33 heavy (non-hydrogen) atoms. The van der Waals surface area contributed by atoms with Crippen molar-refractivity contribution in [3.8, 4) is 0 Å². The number of carbonyl (C=O) groups excluding carboxylic acids is 1. The molecule has 0 bridgehead atoms. The third kappa shape index (κ3) is 4.85. The molecule has 3 aromatic rings. The van der Waals surface area contributed by atoms with Crippen molar-refractivity contribution >= 4 is 74.5 Å². The first-order chi connectivity index (χ1) is 15.5. The molecule has 3 aromatic carbocycles. The van der Waals surface area contributed by atoms with E-state index in [-0.39, 0.29) is 24.4 Å². The van der Waals surface area contributed by atoms with E-state index in [1.165, 1.54) is 5.56 Å². The molecule has 2 aliphatic heterocycles. The summed E-state index contributed by atoms with van der Waals surface area (Å²) in [6.45, 7) is 0.737. The van der Waals surface area contributed by atoms with Crippen LogP contribution < -0.4 is 15.4 Å². The summed E-state index contributed by atoms with van der Waals surface area (Å²) in [5.41, 5.74) is 7.48. The zero-order chi connectivity index (χ0) is 22.2. The Labute approximate surface area is 216 Å². The third-order valence-corrected chi connectivity index (χ3v) is 6.77. The minimum atomic E-state index is -0.212. The smallest absolute Gasteiger partial charge is 0.285 e. The van der Waals surface area contributed by atoms with E-state index in [4.69, 9.17) is 28.3 Å². The number of para-hydroxylation sites is 1. The van der Waals surface area contributed by atoms with E-state index in [1.54, 1.807) is 12.1 Å². The van der Waals surface area contributed by atoms with Crippen molar-refractivity contribution < 1.29 is 4.79 Å². The quantitative estimate of drug-likeness (QED) is 0.388. The molecule has 1 atom stereocenters. The summed E-state index contributed by atoms with van der Waals surface area (Å²) in [6.07, 6.45) is 1.36. The van der Waals surface area contributed by atoms with E-state index >= 15 is 0 Å². The molecule has 0 radical (unpaired) electrons. The highest BCUT2D eigenvalue weighted by atomic mass is 79.9. The normalized spacial score (nSPS) is 16.8. The van der Waals surface area contributed by atoms with Crippen LogP contribution in [0.3, 0.4) is 0 Å². The number of hydrazone groups is 1. The molecule has 2 heterocycles. The van der Waals surface area contributed by atoms with Crippen molar-refractivity contribution in [3.05, 3.63) is 92.4 Å². The van der Waals surface area contributed by atoms with Crippen molar-refractivity contribution in [2.24, 2.45) is 5.10 Å². The molecular weight excluding hydrogens is 547 g/mol. The van der Waals surface area contributed by atoms with Gasteiger partial charge in [-0.05, 0) is 53.9 Å². The van der Waals surface area contributed by atoms with Gasteiger partial charge < -0.3 is 0 Å². The van der Waals surface area contributed by atoms with Crippen LogP contribution in [0.25, 0.3) is 0 Å². The number of nitrogens with zero attached hydrogens (tertiary/aromatic N) is 3. The lowest BCUT2D eigenvalue weighted by atomic mass is 10.0. The third-order valence-electron chi connectivity index (χ3n) is 5.71. The number of anilines is 2. The Kier molecular flexibility index (Phi) is 7.19. The molecule has 1 N–H and O–H groups in total. The average molecular weight is 567 g/mol. The van der Waals surface area contributed by atoms with Crippen LogP contribution in [0.15, 0.2) is 76.3 Å². The standard InChI is InChI=1S/C24H19BrCl2N4O.ClH/c25-17-7-5-16(6-8-17)23-14-20(28-31(23)22-10-9-18(26)13-19(22)27)24(32)29-30-12-11-15-3-1-2-4-21(15)30;/h1-10,13,23H,11-12,14H2,(H,29,32);1H. The molecule has 0 saturated carbocycles. The van der Waals surface area contributed by atoms with Gasteiger partial charge in [0.25, 0.3) is 5.91 Å². The lowest BCUT2D eigenvalue weighted by Gasteiger charge is -2.25. The largest absolute Gasteiger partial charge is 0.286 e. The van der Waals surface area contributed by atoms with Crippen molar-refractivity contribution in [1.82, 2.24) is 5.43 Å². The Morgan fingerprint density at radius 3 is 2.55 bits per heavy atom. The maximum atomic E-state index is 13.2. The molecule has 1 amide bonds. The highest BCUT2D eigenvalue weighted by Gasteiger charge is 2.34. The van der Waals surface area contributed by atoms with Crippen LogP contribution in [0.1, 0.15) is 23.6 Å². The summed E-state index contributed by atoms with van der Waals surface area (Å²) in [5, 5.41) is 9.44. The molecule has 0 fully saturated rings. The molecule has 0 aromatic heterocycles. The van der Waals surface area contributed by atoms with Crippen LogP contribution in [-0.4, -0.2) is 18.2 Å². The number of benzene rings is 3. The van der Waals surface area contributed by atoms with Crippen LogP contribution in [0.2, 0.25) is 10.0 Å². The van der Waals surface area contributed by atoms with Gasteiger partial charge in [0, 0.05) is 22.5 Å². The van der Waals surface area contributed by atoms with Crippen molar-refractivity contribution in [3.63, 3.8) is 0 Å². The molecule has 170 valence electrons. The number of halogens is 4. The molecule has 9 heteroatoms. The molecule has 1 unspecified atom stereocenters. The first kappa shape index (κ1) is 23.9. The van der Waals surface area contributed by atoms with Gasteiger partial charge in [0.15, 0.2) is 0 Å². The number of nitrogens with one attached hydrogen (secondary N) is 1. The van der Waals surface area contributed by atoms with E-state index < -0.39 is 0 Å². The minimum absolute atomic E-state index is 0. The van der Waals surface area contributed by atoms with E-state index in [0.29, 0.717) is 27.9 Å². The Morgan fingerprint density at radius 2 is 1.79 bits per heavy atom. The Balaban J connectivity index is 0.00000259. The van der Waals surface area contributed by atoms with Crippen LogP contribution in [0.5, 0.6) is 0 Å². The lowest BCUT2D eigenvalue weighted by molar-refractivity contribution is -0.115. The fourth-order valence-electron chi connectivity index (χ4n) is 4.12. The molecule has 5 rings (SSSR count). The average Bonchev–Trinajstić information content (AvgIpc) is 3.39. The second-order valence-corrected chi connectivity index (χ2v) is 9.49. The number of hydrogen-bond acceptors (Lipinski definition) is 4. The van der Waals surface area contributed by atoms with Gasteiger partial charge in [0.2, 0.25) is 0 Å². The van der Waals surface area contributed by atoms with E-state index in [9.17, 15) is 4.79 Å². The molecular formula is C24H20BrCl3N4O. The number of hydrazine groups is 1. The fourth-order valence-corrected chi connectivity index (χ4v) is 4.88. The highest BCUT2D eigenvalue weighted by molar-refractivity contribution is 9.10. The minimum Gasteiger partial charge on any atom is -0.285 e. The van der Waals surface area contributed by atoms with Gasteiger partial charge in [-0.2, -0.15) is 5.10 Å².